The summed E-state index contributed by atoms with van der Waals surface area (Å²) in [6.45, 7) is 8.14. The summed E-state index contributed by atoms with van der Waals surface area (Å²) in [7, 11) is 0. The number of nitrogens with zero attached hydrogens (tertiary/aromatic N) is 1. The van der Waals surface area contributed by atoms with Gasteiger partial charge in [0, 0.05) is 25.6 Å². The summed E-state index contributed by atoms with van der Waals surface area (Å²) in [5.41, 5.74) is 5.36. The van der Waals surface area contributed by atoms with Crippen molar-refractivity contribution in [1.29, 1.82) is 0 Å². The van der Waals surface area contributed by atoms with E-state index in [1.165, 1.54) is 22.3 Å². The van der Waals surface area contributed by atoms with Crippen molar-refractivity contribution >= 4 is 18.4 Å². The van der Waals surface area contributed by atoms with E-state index >= 15 is 0 Å². The molecule has 5 heteroatoms. The molecule has 3 rings (SSSR count). The monoisotopic (exact) mass is 431 g/mol. The highest BCUT2D eigenvalue weighted by Gasteiger charge is 2.25. The van der Waals surface area contributed by atoms with Gasteiger partial charge in [0.2, 0.25) is 0 Å². The number of carbonyl (C=O) groups is 1. The van der Waals surface area contributed by atoms with E-state index in [0.29, 0.717) is 25.7 Å². The number of rotatable bonds is 9. The predicted molar refractivity (Wildman–Crippen MR) is 124 cm³/mol. The second-order valence-electron chi connectivity index (χ2n) is 8.14. The second-order valence-corrected chi connectivity index (χ2v) is 8.14. The highest BCUT2D eigenvalue weighted by atomic mass is 35.5. The molecular formula is C25H34ClNO3. The highest BCUT2D eigenvalue weighted by Crippen LogP contribution is 2.32. The van der Waals surface area contributed by atoms with E-state index in [4.69, 9.17) is 4.74 Å². The lowest BCUT2D eigenvalue weighted by atomic mass is 9.84. The van der Waals surface area contributed by atoms with Crippen LogP contribution in [0.1, 0.15) is 47.4 Å². The van der Waals surface area contributed by atoms with Gasteiger partial charge in [0.25, 0.3) is 0 Å². The Labute approximate surface area is 186 Å². The summed E-state index contributed by atoms with van der Waals surface area (Å²) in [6, 6.07) is 17.2. The number of carboxylic acids is 1. The molecular weight excluding hydrogens is 398 g/mol. The minimum absolute atomic E-state index is 0. The van der Waals surface area contributed by atoms with E-state index in [1.54, 1.807) is 0 Å². The van der Waals surface area contributed by atoms with Crippen molar-refractivity contribution < 1.29 is 14.6 Å². The van der Waals surface area contributed by atoms with Crippen molar-refractivity contribution in [3.8, 4) is 0 Å². The molecule has 0 amide bonds. The molecule has 0 aliphatic carbocycles. The van der Waals surface area contributed by atoms with Gasteiger partial charge in [-0.1, -0.05) is 48.5 Å². The van der Waals surface area contributed by atoms with E-state index in [2.05, 4.69) is 67.3 Å². The van der Waals surface area contributed by atoms with Crippen LogP contribution in [-0.4, -0.2) is 48.8 Å². The standard InChI is InChI=1S/C25H33NO3.ClH/c1-19-8-3-5-11-22(19)24(23-12-6-4-9-20(23)2)13-16-29-17-15-26-14-7-10-21(18-26)25(27)28;/h3-6,8-9,11-12,21,24H,7,10,13-18H2,1-2H3,(H,27,28);1H. The minimum atomic E-state index is -0.671. The maximum Gasteiger partial charge on any atom is 0.307 e. The molecule has 1 atom stereocenters. The predicted octanol–water partition coefficient (Wildman–Crippen LogP) is 5.06. The lowest BCUT2D eigenvalue weighted by molar-refractivity contribution is -0.143. The van der Waals surface area contributed by atoms with Crippen molar-refractivity contribution in [1.82, 2.24) is 4.90 Å². The van der Waals surface area contributed by atoms with Crippen LogP contribution < -0.4 is 0 Å². The van der Waals surface area contributed by atoms with Gasteiger partial charge in [-0.3, -0.25) is 4.79 Å². The molecule has 4 nitrogen and oxygen atoms in total. The molecule has 1 saturated heterocycles. The number of hydrogen-bond acceptors (Lipinski definition) is 3. The average molecular weight is 432 g/mol. The lowest BCUT2D eigenvalue weighted by Gasteiger charge is -2.30. The molecule has 2 aromatic rings. The van der Waals surface area contributed by atoms with Gasteiger partial charge in [-0.15, -0.1) is 12.4 Å². The zero-order valence-corrected chi connectivity index (χ0v) is 18.9. The van der Waals surface area contributed by atoms with Crippen LogP contribution in [0.2, 0.25) is 0 Å². The number of likely N-dealkylation sites (tertiary alicyclic amines) is 1. The molecule has 1 aliphatic heterocycles. The molecule has 0 saturated carbocycles. The van der Waals surface area contributed by atoms with E-state index in [0.717, 1.165) is 32.4 Å². The summed E-state index contributed by atoms with van der Waals surface area (Å²) >= 11 is 0. The third kappa shape index (κ3) is 6.56. The SMILES string of the molecule is Cc1ccccc1C(CCOCCN1CCCC(C(=O)O)C1)c1ccccc1C.Cl. The first-order valence-electron chi connectivity index (χ1n) is 10.7. The Kier molecular flexibility index (Phi) is 9.83. The van der Waals surface area contributed by atoms with Crippen LogP contribution >= 0.6 is 12.4 Å². The Morgan fingerprint density at radius 1 is 1.07 bits per heavy atom. The van der Waals surface area contributed by atoms with Gasteiger partial charge in [0.05, 0.1) is 12.5 Å². The summed E-state index contributed by atoms with van der Waals surface area (Å²) < 4.78 is 6.00. The van der Waals surface area contributed by atoms with Crippen LogP contribution in [-0.2, 0) is 9.53 Å². The largest absolute Gasteiger partial charge is 0.481 e. The molecule has 1 heterocycles. The number of ether oxygens (including phenoxy) is 1. The summed E-state index contributed by atoms with van der Waals surface area (Å²) in [6.07, 6.45) is 2.69. The normalized spacial score (nSPS) is 17.0. The number of hydrogen-bond donors (Lipinski definition) is 1. The third-order valence-corrected chi connectivity index (χ3v) is 6.09. The second kappa shape index (κ2) is 12.1. The molecule has 30 heavy (non-hydrogen) atoms. The molecule has 0 spiro atoms. The smallest absolute Gasteiger partial charge is 0.307 e. The molecule has 1 N–H and O–H groups in total. The van der Waals surface area contributed by atoms with Crippen LogP contribution in [0.25, 0.3) is 0 Å². The van der Waals surface area contributed by atoms with E-state index < -0.39 is 5.97 Å². The van der Waals surface area contributed by atoms with Crippen LogP contribution in [0.15, 0.2) is 48.5 Å². The van der Waals surface area contributed by atoms with Crippen LogP contribution in [0.5, 0.6) is 0 Å². The average Bonchev–Trinajstić information content (AvgIpc) is 2.72. The Hall–Kier alpha value is -1.88. The maximum atomic E-state index is 11.2. The van der Waals surface area contributed by atoms with Crippen molar-refractivity contribution in [3.63, 3.8) is 0 Å². The summed E-state index contributed by atoms with van der Waals surface area (Å²) in [5, 5.41) is 9.23. The lowest BCUT2D eigenvalue weighted by Crippen LogP contribution is -2.40. The summed E-state index contributed by atoms with van der Waals surface area (Å²) in [4.78, 5) is 13.4. The number of benzene rings is 2. The topological polar surface area (TPSA) is 49.8 Å². The van der Waals surface area contributed by atoms with Gasteiger partial charge in [-0.2, -0.15) is 0 Å². The van der Waals surface area contributed by atoms with Gasteiger partial charge < -0.3 is 14.7 Å². The fourth-order valence-electron chi connectivity index (χ4n) is 4.39. The Balaban J connectivity index is 0.00000320. The summed E-state index contributed by atoms with van der Waals surface area (Å²) in [5.74, 6) is -0.575. The number of piperidine rings is 1. The maximum absolute atomic E-state index is 11.2. The first-order valence-corrected chi connectivity index (χ1v) is 10.7. The quantitative estimate of drug-likeness (QED) is 0.564. The number of aryl methyl sites for hydroxylation is 2. The third-order valence-electron chi connectivity index (χ3n) is 6.09. The Morgan fingerprint density at radius 2 is 1.67 bits per heavy atom. The molecule has 1 unspecified atom stereocenters. The Morgan fingerprint density at radius 3 is 2.23 bits per heavy atom. The molecule has 2 aromatic carbocycles. The Bertz CT molecular complexity index is 765. The zero-order chi connectivity index (χ0) is 20.6. The van der Waals surface area contributed by atoms with Crippen molar-refractivity contribution in [2.24, 2.45) is 5.92 Å². The fraction of sp³-hybridized carbons (Fsp3) is 0.480. The fourth-order valence-corrected chi connectivity index (χ4v) is 4.39. The van der Waals surface area contributed by atoms with Gasteiger partial charge >= 0.3 is 5.97 Å². The molecule has 1 fully saturated rings. The number of carboxylic acid groups (broad SMARTS) is 1. The van der Waals surface area contributed by atoms with E-state index in [1.807, 2.05) is 0 Å². The van der Waals surface area contributed by atoms with Gasteiger partial charge in [-0.25, -0.2) is 0 Å². The first-order chi connectivity index (χ1) is 14.1. The van der Waals surface area contributed by atoms with Crippen LogP contribution in [0.4, 0.5) is 0 Å². The molecule has 0 bridgehead atoms. The van der Waals surface area contributed by atoms with Gasteiger partial charge in [0.1, 0.15) is 0 Å². The molecule has 1 aliphatic rings. The van der Waals surface area contributed by atoms with Crippen molar-refractivity contribution in [3.05, 3.63) is 70.8 Å². The zero-order valence-electron chi connectivity index (χ0n) is 18.0. The van der Waals surface area contributed by atoms with E-state index in [9.17, 15) is 9.90 Å². The number of aliphatic carboxylic acids is 1. The first kappa shape index (κ1) is 24.4. The molecule has 164 valence electrons. The minimum Gasteiger partial charge on any atom is -0.481 e. The van der Waals surface area contributed by atoms with Crippen LogP contribution in [0, 0.1) is 19.8 Å². The van der Waals surface area contributed by atoms with Crippen LogP contribution in [0.3, 0.4) is 0 Å². The van der Waals surface area contributed by atoms with Crippen molar-refractivity contribution in [2.75, 3.05) is 32.8 Å². The van der Waals surface area contributed by atoms with Gasteiger partial charge in [-0.05, 0) is 61.9 Å². The van der Waals surface area contributed by atoms with Gasteiger partial charge in [0.15, 0.2) is 0 Å². The van der Waals surface area contributed by atoms with Crippen molar-refractivity contribution in [2.45, 2.75) is 39.0 Å². The number of halogens is 1. The molecule has 0 aromatic heterocycles. The molecule has 0 radical (unpaired) electrons. The van der Waals surface area contributed by atoms with E-state index in [-0.39, 0.29) is 18.3 Å². The highest BCUT2D eigenvalue weighted by molar-refractivity contribution is 5.85.